The van der Waals surface area contributed by atoms with Gasteiger partial charge in [-0.25, -0.2) is 13.1 Å². The molecule has 0 aliphatic heterocycles. The largest absolute Gasteiger partial charge is 0.397 e. The summed E-state index contributed by atoms with van der Waals surface area (Å²) in [6.07, 6.45) is 0.980. The molecule has 0 spiro atoms. The van der Waals surface area contributed by atoms with Gasteiger partial charge in [-0.15, -0.1) is 0 Å². The summed E-state index contributed by atoms with van der Waals surface area (Å²) in [5.41, 5.74) is 7.14. The molecule has 0 radical (unpaired) electrons. The summed E-state index contributed by atoms with van der Waals surface area (Å²) in [5, 5.41) is 3.35. The second-order valence-electron chi connectivity index (χ2n) is 4.86. The summed E-state index contributed by atoms with van der Waals surface area (Å²) in [6.45, 7) is 6.38. The summed E-state index contributed by atoms with van der Waals surface area (Å²) >= 11 is 0. The van der Waals surface area contributed by atoms with Crippen molar-refractivity contribution in [1.29, 1.82) is 0 Å². The van der Waals surface area contributed by atoms with Gasteiger partial charge >= 0.3 is 0 Å². The van der Waals surface area contributed by atoms with E-state index in [4.69, 9.17) is 5.73 Å². The van der Waals surface area contributed by atoms with Crippen molar-refractivity contribution in [2.75, 3.05) is 18.1 Å². The lowest BCUT2D eigenvalue weighted by Crippen LogP contribution is -2.25. The maximum absolute atomic E-state index is 11.7. The highest BCUT2D eigenvalue weighted by Gasteiger charge is 2.15. The van der Waals surface area contributed by atoms with Crippen molar-refractivity contribution in [2.45, 2.75) is 38.1 Å². The fourth-order valence-electron chi connectivity index (χ4n) is 1.90. The molecule has 1 atom stereocenters. The van der Waals surface area contributed by atoms with E-state index in [2.05, 4.69) is 30.8 Å². The second-order valence-corrected chi connectivity index (χ2v) is 6.75. The lowest BCUT2D eigenvalue weighted by molar-refractivity contribution is 0.511. The number of benzene rings is 1. The molecule has 0 aliphatic rings. The van der Waals surface area contributed by atoms with Crippen molar-refractivity contribution in [3.8, 4) is 0 Å². The van der Waals surface area contributed by atoms with Crippen LogP contribution in [0.1, 0.15) is 27.2 Å². The molecule has 0 fully saturated rings. The number of nitrogen functional groups attached to an aromatic ring is 1. The highest BCUT2D eigenvalue weighted by atomic mass is 32.2. The average Bonchev–Trinajstić information content (AvgIpc) is 2.36. The number of nitrogens with one attached hydrogen (secondary N) is 2. The van der Waals surface area contributed by atoms with Crippen LogP contribution in [0.5, 0.6) is 0 Å². The minimum atomic E-state index is -3.45. The molecule has 5 nitrogen and oxygen atoms in total. The number of nitrogens with two attached hydrogens (primary N) is 1. The van der Waals surface area contributed by atoms with E-state index >= 15 is 0 Å². The Hall–Kier alpha value is -1.27. The van der Waals surface area contributed by atoms with Crippen LogP contribution in [0.4, 0.5) is 11.4 Å². The van der Waals surface area contributed by atoms with Crippen LogP contribution in [0.3, 0.4) is 0 Å². The van der Waals surface area contributed by atoms with Crippen molar-refractivity contribution in [1.82, 2.24) is 4.72 Å². The zero-order valence-corrected chi connectivity index (χ0v) is 12.7. The third-order valence-electron chi connectivity index (χ3n) is 3.19. The highest BCUT2D eigenvalue weighted by Crippen LogP contribution is 2.25. The van der Waals surface area contributed by atoms with E-state index in [-0.39, 0.29) is 4.90 Å². The Morgan fingerprint density at radius 2 is 1.95 bits per heavy atom. The van der Waals surface area contributed by atoms with Gasteiger partial charge < -0.3 is 11.1 Å². The fraction of sp³-hybridized carbons (Fsp3) is 0.538. The molecule has 0 saturated carbocycles. The van der Waals surface area contributed by atoms with Crippen LogP contribution in [-0.4, -0.2) is 21.5 Å². The van der Waals surface area contributed by atoms with Crippen LogP contribution in [-0.2, 0) is 10.0 Å². The Kier molecular flexibility index (Phi) is 5.20. The molecule has 4 N–H and O–H groups in total. The Balaban J connectivity index is 3.02. The van der Waals surface area contributed by atoms with Gasteiger partial charge in [-0.05, 0) is 37.6 Å². The summed E-state index contributed by atoms with van der Waals surface area (Å²) in [6, 6.07) is 5.05. The molecule has 6 heteroatoms. The van der Waals surface area contributed by atoms with E-state index in [1.807, 2.05) is 0 Å². The monoisotopic (exact) mass is 285 g/mol. The number of hydrogen-bond acceptors (Lipinski definition) is 4. The third-order valence-corrected chi connectivity index (χ3v) is 4.60. The number of rotatable bonds is 6. The first kappa shape index (κ1) is 15.8. The Bertz CT molecular complexity index is 527. The van der Waals surface area contributed by atoms with E-state index in [1.54, 1.807) is 12.1 Å². The summed E-state index contributed by atoms with van der Waals surface area (Å²) in [7, 11) is -2.07. The van der Waals surface area contributed by atoms with Gasteiger partial charge in [0.15, 0.2) is 0 Å². The predicted octanol–water partition coefficient (Wildman–Crippen LogP) is 2.02. The van der Waals surface area contributed by atoms with Crippen molar-refractivity contribution < 1.29 is 8.42 Å². The Morgan fingerprint density at radius 3 is 2.37 bits per heavy atom. The highest BCUT2D eigenvalue weighted by molar-refractivity contribution is 7.89. The first-order valence-corrected chi connectivity index (χ1v) is 7.89. The summed E-state index contributed by atoms with van der Waals surface area (Å²) in [4.78, 5) is 0.177. The Morgan fingerprint density at radius 1 is 1.32 bits per heavy atom. The fourth-order valence-corrected chi connectivity index (χ4v) is 2.66. The lowest BCUT2D eigenvalue weighted by Gasteiger charge is -2.23. The topological polar surface area (TPSA) is 84.2 Å². The van der Waals surface area contributed by atoms with Crippen molar-refractivity contribution in [3.63, 3.8) is 0 Å². The second kappa shape index (κ2) is 6.25. The number of anilines is 2. The molecule has 0 saturated heterocycles. The molecular weight excluding hydrogens is 262 g/mol. The van der Waals surface area contributed by atoms with Crippen LogP contribution >= 0.6 is 0 Å². The molecule has 0 aliphatic carbocycles. The van der Waals surface area contributed by atoms with Gasteiger partial charge in [-0.2, -0.15) is 0 Å². The lowest BCUT2D eigenvalue weighted by atomic mass is 10.0. The van der Waals surface area contributed by atoms with E-state index in [1.165, 1.54) is 13.1 Å². The zero-order chi connectivity index (χ0) is 14.6. The van der Waals surface area contributed by atoms with Gasteiger partial charge in [-0.1, -0.05) is 20.8 Å². The summed E-state index contributed by atoms with van der Waals surface area (Å²) in [5.74, 6) is 0.477. The zero-order valence-electron chi connectivity index (χ0n) is 11.9. The third kappa shape index (κ3) is 3.84. The molecule has 1 aromatic rings. The standard InChI is InChI=1S/C13H23N3O2S/c1-5-12(9(2)3)16-13-7-6-10(8-11(13)14)19(17,18)15-4/h6-9,12,15-16H,5,14H2,1-4H3. The number of hydrogen-bond donors (Lipinski definition) is 3. The minimum absolute atomic E-state index is 0.177. The quantitative estimate of drug-likeness (QED) is 0.698. The SMILES string of the molecule is CCC(Nc1ccc(S(=O)(=O)NC)cc1N)C(C)C. The molecule has 0 amide bonds. The van der Waals surface area contributed by atoms with Gasteiger partial charge in [0.1, 0.15) is 0 Å². The molecule has 0 bridgehead atoms. The molecule has 19 heavy (non-hydrogen) atoms. The molecule has 0 heterocycles. The van der Waals surface area contributed by atoms with Gasteiger partial charge in [0.2, 0.25) is 10.0 Å². The molecule has 0 aromatic heterocycles. The van der Waals surface area contributed by atoms with Crippen LogP contribution in [0, 0.1) is 5.92 Å². The molecular formula is C13H23N3O2S. The molecule has 1 aromatic carbocycles. The predicted molar refractivity (Wildman–Crippen MR) is 79.6 cm³/mol. The number of sulfonamides is 1. The minimum Gasteiger partial charge on any atom is -0.397 e. The van der Waals surface area contributed by atoms with Crippen LogP contribution < -0.4 is 15.8 Å². The molecule has 1 rings (SSSR count). The van der Waals surface area contributed by atoms with E-state index < -0.39 is 10.0 Å². The van der Waals surface area contributed by atoms with Gasteiger partial charge in [-0.3, -0.25) is 0 Å². The van der Waals surface area contributed by atoms with E-state index in [9.17, 15) is 8.42 Å². The molecule has 108 valence electrons. The Labute approximate surface area is 115 Å². The molecule has 1 unspecified atom stereocenters. The van der Waals surface area contributed by atoms with E-state index in [0.29, 0.717) is 17.6 Å². The van der Waals surface area contributed by atoms with Gasteiger partial charge in [0.25, 0.3) is 0 Å². The van der Waals surface area contributed by atoms with Gasteiger partial charge in [0.05, 0.1) is 16.3 Å². The maximum Gasteiger partial charge on any atom is 0.240 e. The van der Waals surface area contributed by atoms with E-state index in [0.717, 1.165) is 12.1 Å². The van der Waals surface area contributed by atoms with Crippen molar-refractivity contribution in [3.05, 3.63) is 18.2 Å². The smallest absolute Gasteiger partial charge is 0.240 e. The van der Waals surface area contributed by atoms with Crippen LogP contribution in [0.15, 0.2) is 23.1 Å². The first-order valence-electron chi connectivity index (χ1n) is 6.41. The maximum atomic E-state index is 11.7. The van der Waals surface area contributed by atoms with Crippen LogP contribution in [0.2, 0.25) is 0 Å². The van der Waals surface area contributed by atoms with Gasteiger partial charge in [0, 0.05) is 6.04 Å². The van der Waals surface area contributed by atoms with Crippen molar-refractivity contribution in [2.24, 2.45) is 5.92 Å². The van der Waals surface area contributed by atoms with Crippen molar-refractivity contribution >= 4 is 21.4 Å². The summed E-state index contributed by atoms with van der Waals surface area (Å²) < 4.78 is 25.6. The average molecular weight is 285 g/mol. The normalized spacial score (nSPS) is 13.5. The first-order chi connectivity index (χ1) is 8.81. The van der Waals surface area contributed by atoms with Crippen LogP contribution in [0.25, 0.3) is 0 Å².